The molecule has 1 fully saturated rings. The molecule has 4 rings (SSSR count). The van der Waals surface area contributed by atoms with E-state index < -0.39 is 29.6 Å². The Morgan fingerprint density at radius 3 is 2.52 bits per heavy atom. The van der Waals surface area contributed by atoms with Crippen LogP contribution in [-0.4, -0.2) is 52.3 Å². The fourth-order valence-electron chi connectivity index (χ4n) is 3.83. The summed E-state index contributed by atoms with van der Waals surface area (Å²) in [5.74, 6) is -3.68. The summed E-state index contributed by atoms with van der Waals surface area (Å²) >= 11 is 0. The average molecular weight is 437 g/mol. The highest BCUT2D eigenvalue weighted by atomic mass is 19.2. The van der Waals surface area contributed by atoms with Gasteiger partial charge in [-0.3, -0.25) is 4.79 Å². The molecule has 31 heavy (non-hydrogen) atoms. The van der Waals surface area contributed by atoms with Crippen molar-refractivity contribution in [3.8, 4) is 5.75 Å². The van der Waals surface area contributed by atoms with Crippen LogP contribution in [0.25, 0.3) is 0 Å². The van der Waals surface area contributed by atoms with Gasteiger partial charge in [0.1, 0.15) is 23.6 Å². The number of ether oxygens (including phenoxy) is 1. The minimum absolute atomic E-state index is 0.0337. The predicted molar refractivity (Wildman–Crippen MR) is 107 cm³/mol. The third kappa shape index (κ3) is 3.97. The van der Waals surface area contributed by atoms with Gasteiger partial charge >= 0.3 is 0 Å². The number of aryl methyl sites for hydroxylation is 1. The van der Waals surface area contributed by atoms with E-state index in [-0.39, 0.29) is 23.8 Å². The zero-order valence-corrected chi connectivity index (χ0v) is 17.1. The van der Waals surface area contributed by atoms with Gasteiger partial charge in [0.15, 0.2) is 23.3 Å². The number of benzene rings is 1. The van der Waals surface area contributed by atoms with E-state index in [1.54, 1.807) is 18.9 Å². The van der Waals surface area contributed by atoms with Gasteiger partial charge in [0.2, 0.25) is 11.9 Å². The smallest absolute Gasteiger partial charge is 0.249 e. The van der Waals surface area contributed by atoms with Crippen LogP contribution >= 0.6 is 0 Å². The first kappa shape index (κ1) is 21.2. The second-order valence-electron chi connectivity index (χ2n) is 7.87. The number of halogens is 3. The van der Waals surface area contributed by atoms with Gasteiger partial charge in [-0.25, -0.2) is 18.2 Å². The fraction of sp³-hybridized carbons (Fsp3) is 0.450. The molecule has 0 unspecified atom stereocenters. The predicted octanol–water partition coefficient (Wildman–Crippen LogP) is 2.36. The quantitative estimate of drug-likeness (QED) is 0.618. The van der Waals surface area contributed by atoms with Crippen molar-refractivity contribution in [1.82, 2.24) is 9.97 Å². The maximum atomic E-state index is 13.3. The molecule has 2 aliphatic rings. The van der Waals surface area contributed by atoms with Crippen LogP contribution in [0.5, 0.6) is 5.75 Å². The summed E-state index contributed by atoms with van der Waals surface area (Å²) in [6, 6.07) is 0.830. The highest BCUT2D eigenvalue weighted by Gasteiger charge is 2.37. The number of hydrogen-bond acceptors (Lipinski definition) is 7. The molecular formula is C20H22F3N5O3. The second kappa shape index (κ2) is 7.88. The van der Waals surface area contributed by atoms with Crippen LogP contribution in [-0.2, 0) is 4.79 Å². The Hall–Kier alpha value is -3.08. The molecule has 1 aromatic heterocycles. The number of likely N-dealkylation sites (N-methyl/N-ethyl adjacent to an activating group) is 1. The van der Waals surface area contributed by atoms with Crippen molar-refractivity contribution in [2.45, 2.75) is 51.0 Å². The normalized spacial score (nSPS) is 23.5. The first-order chi connectivity index (χ1) is 14.6. The van der Waals surface area contributed by atoms with E-state index in [9.17, 15) is 23.1 Å². The summed E-state index contributed by atoms with van der Waals surface area (Å²) < 4.78 is 45.2. The number of amides is 1. The van der Waals surface area contributed by atoms with Crippen LogP contribution in [0.15, 0.2) is 12.1 Å². The third-order valence-electron chi connectivity index (χ3n) is 5.48. The largest absolute Gasteiger partial charge is 0.490 e. The third-order valence-corrected chi connectivity index (χ3v) is 5.48. The average Bonchev–Trinajstić information content (AvgIpc) is 2.65. The Morgan fingerprint density at radius 2 is 1.90 bits per heavy atom. The zero-order chi connectivity index (χ0) is 22.4. The van der Waals surface area contributed by atoms with Crippen molar-refractivity contribution >= 4 is 23.4 Å². The van der Waals surface area contributed by atoms with E-state index in [0.717, 1.165) is 12.1 Å². The number of aliphatic hydroxyl groups is 1. The molecule has 2 atom stereocenters. The van der Waals surface area contributed by atoms with Gasteiger partial charge in [-0.05, 0) is 13.8 Å². The van der Waals surface area contributed by atoms with E-state index in [0.29, 0.717) is 36.0 Å². The lowest BCUT2D eigenvalue weighted by atomic mass is 9.89. The Bertz CT molecular complexity index is 1010. The van der Waals surface area contributed by atoms with Gasteiger partial charge in [-0.2, -0.15) is 4.98 Å². The number of fused-ring (bicyclic) bond motifs is 1. The van der Waals surface area contributed by atoms with Crippen LogP contribution < -0.4 is 20.3 Å². The zero-order valence-electron chi connectivity index (χ0n) is 17.1. The second-order valence-corrected chi connectivity index (χ2v) is 7.87. The number of carbonyl (C=O) groups is 1. The molecule has 1 aliphatic heterocycles. The van der Waals surface area contributed by atoms with Crippen molar-refractivity contribution in [2.75, 3.05) is 22.6 Å². The molecule has 8 nitrogen and oxygen atoms in total. The van der Waals surface area contributed by atoms with Crippen molar-refractivity contribution in [2.24, 2.45) is 0 Å². The molecule has 11 heteroatoms. The lowest BCUT2D eigenvalue weighted by molar-refractivity contribution is -0.119. The number of carbonyl (C=O) groups excluding carboxylic acids is 1. The standard InChI is InChI=1S/C20H22F3N5O3/c1-8-16-18(28(3)17(9(2)29)19(30)26-16)27-20(24-8)25-10-4-11(5-10)31-12-6-13(21)15(23)14(22)7-12/h6-7,9-11,17,29H,4-5H2,1-3H3,(H,26,30)(H,24,25,27)/t9-,10?,11?,17-/m0/s1. The molecule has 1 saturated carbocycles. The lowest BCUT2D eigenvalue weighted by Gasteiger charge is -2.38. The van der Waals surface area contributed by atoms with Crippen molar-refractivity contribution in [3.05, 3.63) is 35.3 Å². The highest BCUT2D eigenvalue weighted by Crippen LogP contribution is 2.34. The van der Waals surface area contributed by atoms with Gasteiger partial charge in [-0.1, -0.05) is 0 Å². The van der Waals surface area contributed by atoms with E-state index in [1.165, 1.54) is 6.92 Å². The number of nitrogens with zero attached hydrogens (tertiary/aromatic N) is 3. The topological polar surface area (TPSA) is 99.6 Å². The summed E-state index contributed by atoms with van der Waals surface area (Å²) in [7, 11) is 1.68. The number of anilines is 3. The summed E-state index contributed by atoms with van der Waals surface area (Å²) in [6.45, 7) is 3.28. The van der Waals surface area contributed by atoms with E-state index in [4.69, 9.17) is 4.74 Å². The minimum atomic E-state index is -1.53. The molecule has 0 spiro atoms. The molecule has 0 radical (unpaired) electrons. The fourth-order valence-corrected chi connectivity index (χ4v) is 3.83. The van der Waals surface area contributed by atoms with E-state index >= 15 is 0 Å². The maximum Gasteiger partial charge on any atom is 0.249 e. The highest BCUT2D eigenvalue weighted by molar-refractivity contribution is 6.03. The summed E-state index contributed by atoms with van der Waals surface area (Å²) in [4.78, 5) is 22.7. The SMILES string of the molecule is Cc1nc(NC2CC(Oc3cc(F)c(F)c(F)c3)C2)nc2c1NC(=O)[C@H]([C@H](C)O)N2C. The molecule has 0 saturated heterocycles. The Labute approximate surface area is 176 Å². The van der Waals surface area contributed by atoms with Crippen LogP contribution in [0.3, 0.4) is 0 Å². The molecule has 1 amide bonds. The summed E-state index contributed by atoms with van der Waals surface area (Å²) in [6.07, 6.45) is -0.121. The maximum absolute atomic E-state index is 13.3. The first-order valence-corrected chi connectivity index (χ1v) is 9.82. The Kier molecular flexibility index (Phi) is 5.38. The number of rotatable bonds is 5. The molecule has 0 bridgehead atoms. The minimum Gasteiger partial charge on any atom is -0.490 e. The Balaban J connectivity index is 1.42. The Morgan fingerprint density at radius 1 is 1.26 bits per heavy atom. The molecule has 2 aromatic rings. The van der Waals surface area contributed by atoms with Crippen LogP contribution in [0, 0.1) is 24.4 Å². The molecule has 166 valence electrons. The van der Waals surface area contributed by atoms with Crippen molar-refractivity contribution in [3.63, 3.8) is 0 Å². The monoisotopic (exact) mass is 437 g/mol. The number of hydrogen-bond donors (Lipinski definition) is 3. The number of aliphatic hydroxyl groups excluding tert-OH is 1. The first-order valence-electron chi connectivity index (χ1n) is 9.82. The lowest BCUT2D eigenvalue weighted by Crippen LogP contribution is -2.52. The molecule has 1 aromatic carbocycles. The molecule has 2 heterocycles. The summed E-state index contributed by atoms with van der Waals surface area (Å²) in [5, 5.41) is 15.9. The van der Waals surface area contributed by atoms with Gasteiger partial charge in [0.05, 0.1) is 11.8 Å². The van der Waals surface area contributed by atoms with Gasteiger partial charge in [0.25, 0.3) is 0 Å². The number of aromatic nitrogens is 2. The number of nitrogens with one attached hydrogen (secondary N) is 2. The van der Waals surface area contributed by atoms with Gasteiger partial charge in [0, 0.05) is 38.1 Å². The van der Waals surface area contributed by atoms with Gasteiger partial charge in [-0.15, -0.1) is 0 Å². The van der Waals surface area contributed by atoms with Crippen molar-refractivity contribution in [1.29, 1.82) is 0 Å². The molecule has 3 N–H and O–H groups in total. The summed E-state index contributed by atoms with van der Waals surface area (Å²) in [5.41, 5.74) is 1.06. The van der Waals surface area contributed by atoms with E-state index in [2.05, 4.69) is 20.6 Å². The van der Waals surface area contributed by atoms with Crippen molar-refractivity contribution < 1.29 is 27.8 Å². The van der Waals surface area contributed by atoms with E-state index in [1.807, 2.05) is 0 Å². The van der Waals surface area contributed by atoms with Gasteiger partial charge < -0.3 is 25.4 Å². The van der Waals surface area contributed by atoms with Crippen LogP contribution in [0.1, 0.15) is 25.5 Å². The molecule has 1 aliphatic carbocycles. The van der Waals surface area contributed by atoms with Crippen LogP contribution in [0.4, 0.5) is 30.6 Å². The van der Waals surface area contributed by atoms with Crippen LogP contribution in [0.2, 0.25) is 0 Å². The molecular weight excluding hydrogens is 415 g/mol.